The third-order valence-corrected chi connectivity index (χ3v) is 5.14. The highest BCUT2D eigenvalue weighted by molar-refractivity contribution is 6.28. The minimum atomic E-state index is -0.255. The van der Waals surface area contributed by atoms with Crippen molar-refractivity contribution in [2.24, 2.45) is 0 Å². The summed E-state index contributed by atoms with van der Waals surface area (Å²) in [7, 11) is 0. The fourth-order valence-electron chi connectivity index (χ4n) is 3.69. The van der Waals surface area contributed by atoms with Crippen LogP contribution in [-0.4, -0.2) is 28.0 Å². The largest absolute Gasteiger partial charge is 0.472 e. The topological polar surface area (TPSA) is 61.2 Å². The monoisotopic (exact) mass is 406 g/mol. The maximum absolute atomic E-state index is 13.3. The number of para-hydroxylation sites is 1. The predicted molar refractivity (Wildman–Crippen MR) is 118 cm³/mol. The molecule has 3 aromatic carbocycles. The van der Waals surface area contributed by atoms with E-state index in [1.807, 2.05) is 72.8 Å². The van der Waals surface area contributed by atoms with E-state index in [-0.39, 0.29) is 35.3 Å². The number of rotatable bonds is 5. The van der Waals surface area contributed by atoms with Crippen LogP contribution < -0.4 is 4.74 Å². The van der Waals surface area contributed by atoms with E-state index in [1.54, 1.807) is 24.3 Å². The summed E-state index contributed by atoms with van der Waals surface area (Å²) in [5.74, 6) is -0.338. The number of nitrogens with zero attached hydrogens (tertiary/aromatic N) is 2. The lowest BCUT2D eigenvalue weighted by Crippen LogP contribution is -2.22. The van der Waals surface area contributed by atoms with Crippen molar-refractivity contribution in [3.8, 4) is 11.6 Å². The first-order chi connectivity index (χ1) is 15.2. The molecule has 0 amide bonds. The van der Waals surface area contributed by atoms with E-state index in [2.05, 4.69) is 5.10 Å². The molecule has 0 spiro atoms. The molecule has 31 heavy (non-hydrogen) atoms. The first-order valence-corrected chi connectivity index (χ1v) is 9.95. The number of hydrogen-bond acceptors (Lipinski definition) is 4. The number of benzene rings is 3. The highest BCUT2D eigenvalue weighted by Gasteiger charge is 2.37. The van der Waals surface area contributed by atoms with Crippen LogP contribution in [0.4, 0.5) is 0 Å². The second kappa shape index (κ2) is 7.88. The van der Waals surface area contributed by atoms with Crippen LogP contribution in [-0.2, 0) is 0 Å². The second-order valence-corrected chi connectivity index (χ2v) is 7.10. The molecule has 0 saturated carbocycles. The summed E-state index contributed by atoms with van der Waals surface area (Å²) in [6.07, 6.45) is 3.79. The Morgan fingerprint density at radius 2 is 1.39 bits per heavy atom. The van der Waals surface area contributed by atoms with Gasteiger partial charge in [0.05, 0.1) is 5.69 Å². The average molecular weight is 406 g/mol. The summed E-state index contributed by atoms with van der Waals surface area (Å²) < 4.78 is 7.37. The molecule has 0 radical (unpaired) electrons. The maximum atomic E-state index is 13.3. The van der Waals surface area contributed by atoms with Crippen molar-refractivity contribution >= 4 is 17.6 Å². The van der Waals surface area contributed by atoms with Gasteiger partial charge in [-0.05, 0) is 23.8 Å². The molecule has 0 unspecified atom stereocenters. The molecule has 1 aromatic heterocycles. The molecule has 150 valence electrons. The number of carbonyl (C=O) groups excluding carboxylic acids is 2. The van der Waals surface area contributed by atoms with Crippen molar-refractivity contribution in [2.45, 2.75) is 0 Å². The Bertz CT molecular complexity index is 1310. The molecule has 0 N–H and O–H groups in total. The van der Waals surface area contributed by atoms with Crippen molar-refractivity contribution in [3.05, 3.63) is 119 Å². The van der Waals surface area contributed by atoms with Crippen LogP contribution in [0.3, 0.4) is 0 Å². The molecular formula is C26H18N2O3. The maximum Gasteiger partial charge on any atom is 0.245 e. The molecule has 1 aliphatic rings. The van der Waals surface area contributed by atoms with Gasteiger partial charge in [0, 0.05) is 11.1 Å². The van der Waals surface area contributed by atoms with Gasteiger partial charge in [-0.25, -0.2) is 4.68 Å². The van der Waals surface area contributed by atoms with E-state index >= 15 is 0 Å². The van der Waals surface area contributed by atoms with Gasteiger partial charge in [0.2, 0.25) is 17.4 Å². The quantitative estimate of drug-likeness (QED) is 0.423. The Kier molecular flexibility index (Phi) is 4.77. The van der Waals surface area contributed by atoms with Gasteiger partial charge in [-0.3, -0.25) is 9.59 Å². The number of carbonyl (C=O) groups is 2. The van der Waals surface area contributed by atoms with Crippen molar-refractivity contribution in [1.82, 2.24) is 9.78 Å². The van der Waals surface area contributed by atoms with Crippen LogP contribution >= 0.6 is 0 Å². The summed E-state index contributed by atoms with van der Waals surface area (Å²) >= 11 is 0. The van der Waals surface area contributed by atoms with Crippen LogP contribution in [0.5, 0.6) is 5.88 Å². The number of hydrogen-bond donors (Lipinski definition) is 0. The van der Waals surface area contributed by atoms with Gasteiger partial charge in [-0.15, -0.1) is 5.10 Å². The fraction of sp³-hybridized carbons (Fsp3) is 0.0385. The lowest BCUT2D eigenvalue weighted by molar-refractivity contribution is 0.0973. The fourth-order valence-corrected chi connectivity index (χ4v) is 3.69. The van der Waals surface area contributed by atoms with Gasteiger partial charge >= 0.3 is 0 Å². The molecule has 5 heteroatoms. The van der Waals surface area contributed by atoms with Crippen molar-refractivity contribution in [2.75, 3.05) is 6.61 Å². The van der Waals surface area contributed by atoms with Gasteiger partial charge < -0.3 is 4.74 Å². The highest BCUT2D eigenvalue weighted by Crippen LogP contribution is 2.34. The van der Waals surface area contributed by atoms with Crippen LogP contribution in [0, 0.1) is 0 Å². The summed E-state index contributed by atoms with van der Waals surface area (Å²) in [5, 5.41) is 4.51. The minimum absolute atomic E-state index is 0.157. The van der Waals surface area contributed by atoms with Gasteiger partial charge in [0.1, 0.15) is 17.9 Å². The first-order valence-electron chi connectivity index (χ1n) is 9.95. The lowest BCUT2D eigenvalue weighted by atomic mass is 9.88. The van der Waals surface area contributed by atoms with Crippen LogP contribution in [0.25, 0.3) is 11.8 Å². The highest BCUT2D eigenvalue weighted by atomic mass is 16.5. The van der Waals surface area contributed by atoms with Crippen LogP contribution in [0.1, 0.15) is 37.5 Å². The normalized spacial score (nSPS) is 12.6. The molecule has 4 aromatic rings. The number of fused-ring (bicyclic) bond motifs is 2. The van der Waals surface area contributed by atoms with E-state index in [0.29, 0.717) is 16.8 Å². The zero-order valence-corrected chi connectivity index (χ0v) is 16.6. The van der Waals surface area contributed by atoms with E-state index < -0.39 is 0 Å². The van der Waals surface area contributed by atoms with Crippen molar-refractivity contribution < 1.29 is 14.3 Å². The SMILES string of the molecule is O=C1c2ccccc2C(=O)c2c1c(OCC=Cc1ccccc1)nn2-c1ccccc1. The molecule has 0 atom stereocenters. The van der Waals surface area contributed by atoms with E-state index in [9.17, 15) is 9.59 Å². The molecule has 0 bridgehead atoms. The van der Waals surface area contributed by atoms with Gasteiger partial charge in [-0.2, -0.15) is 0 Å². The molecule has 1 heterocycles. The standard InChI is InChI=1S/C26H18N2O3/c29-24-20-15-7-8-16-21(20)25(30)23-22(24)26(27-28(23)19-13-5-2-6-14-19)31-17-9-12-18-10-3-1-4-11-18/h1-16H,17H2. The van der Waals surface area contributed by atoms with Crippen molar-refractivity contribution in [3.63, 3.8) is 0 Å². The number of aromatic nitrogens is 2. The number of ketones is 2. The molecule has 0 aliphatic heterocycles. The molecule has 5 rings (SSSR count). The molecule has 0 fully saturated rings. The molecule has 5 nitrogen and oxygen atoms in total. The third-order valence-electron chi connectivity index (χ3n) is 5.14. The van der Waals surface area contributed by atoms with Gasteiger partial charge in [0.25, 0.3) is 0 Å². The van der Waals surface area contributed by atoms with E-state index in [0.717, 1.165) is 5.56 Å². The Hall–Kier alpha value is -4.25. The Morgan fingerprint density at radius 1 is 0.774 bits per heavy atom. The lowest BCUT2D eigenvalue weighted by Gasteiger charge is -2.15. The smallest absolute Gasteiger partial charge is 0.245 e. The summed E-state index contributed by atoms with van der Waals surface area (Å²) in [5.41, 5.74) is 2.93. The molecule has 1 aliphatic carbocycles. The zero-order valence-electron chi connectivity index (χ0n) is 16.6. The average Bonchev–Trinajstić information content (AvgIpc) is 3.21. The van der Waals surface area contributed by atoms with Gasteiger partial charge in [-0.1, -0.05) is 78.9 Å². The summed E-state index contributed by atoms with van der Waals surface area (Å²) in [4.78, 5) is 26.6. The zero-order chi connectivity index (χ0) is 21.2. The first kappa shape index (κ1) is 18.8. The summed E-state index contributed by atoms with van der Waals surface area (Å²) in [6, 6.07) is 26.0. The Labute approximate surface area is 179 Å². The summed E-state index contributed by atoms with van der Waals surface area (Å²) in [6.45, 7) is 0.219. The minimum Gasteiger partial charge on any atom is -0.472 e. The second-order valence-electron chi connectivity index (χ2n) is 7.10. The van der Waals surface area contributed by atoms with Crippen molar-refractivity contribution in [1.29, 1.82) is 0 Å². The predicted octanol–water partition coefficient (Wildman–Crippen LogP) is 4.74. The Morgan fingerprint density at radius 3 is 2.10 bits per heavy atom. The van der Waals surface area contributed by atoms with E-state index in [1.165, 1.54) is 4.68 Å². The van der Waals surface area contributed by atoms with E-state index in [4.69, 9.17) is 4.74 Å². The van der Waals surface area contributed by atoms with Crippen LogP contribution in [0.15, 0.2) is 91.0 Å². The Balaban J connectivity index is 1.55. The molecule has 0 saturated heterocycles. The third kappa shape index (κ3) is 3.36. The van der Waals surface area contributed by atoms with Gasteiger partial charge in [0.15, 0.2) is 0 Å². The molecular weight excluding hydrogens is 388 g/mol. The van der Waals surface area contributed by atoms with Crippen LogP contribution in [0.2, 0.25) is 0 Å². The number of ether oxygens (including phenoxy) is 1.